The second-order valence-electron chi connectivity index (χ2n) is 4.96. The largest absolute Gasteiger partial charge is 0.380 e. The van der Waals surface area contributed by atoms with Gasteiger partial charge in [-0.3, -0.25) is 4.79 Å². The Morgan fingerprint density at radius 3 is 2.87 bits per heavy atom. The summed E-state index contributed by atoms with van der Waals surface area (Å²) in [6.07, 6.45) is 1.48. The highest BCUT2D eigenvalue weighted by Crippen LogP contribution is 2.22. The summed E-state index contributed by atoms with van der Waals surface area (Å²) in [7, 11) is 1.53. The molecule has 0 aliphatic carbocycles. The number of nitrogens with one attached hydrogen (secondary N) is 1. The fourth-order valence-corrected chi connectivity index (χ4v) is 2.51. The van der Waals surface area contributed by atoms with E-state index >= 15 is 0 Å². The van der Waals surface area contributed by atoms with Crippen LogP contribution in [0.25, 0.3) is 0 Å². The van der Waals surface area contributed by atoms with Crippen LogP contribution in [0.15, 0.2) is 30.5 Å². The lowest BCUT2D eigenvalue weighted by atomic mass is 10.2. The molecule has 1 atom stereocenters. The average Bonchev–Trinajstić information content (AvgIpc) is 2.94. The second kappa shape index (κ2) is 8.31. The maximum Gasteiger partial charge on any atom is 0.228 e. The van der Waals surface area contributed by atoms with E-state index < -0.39 is 0 Å². The molecule has 2 aromatic rings. The van der Waals surface area contributed by atoms with E-state index in [1.54, 1.807) is 29.1 Å². The van der Waals surface area contributed by atoms with Gasteiger partial charge in [-0.2, -0.15) is 5.10 Å². The summed E-state index contributed by atoms with van der Waals surface area (Å²) in [4.78, 5) is 12.0. The normalized spacial score (nSPS) is 12.2. The number of hydrogen-bond donors (Lipinski definition) is 2. The van der Waals surface area contributed by atoms with Gasteiger partial charge in [0.1, 0.15) is 5.82 Å². The van der Waals surface area contributed by atoms with Gasteiger partial charge in [-0.05, 0) is 17.7 Å². The molecule has 1 aromatic carbocycles. The van der Waals surface area contributed by atoms with Gasteiger partial charge in [0.25, 0.3) is 0 Å². The van der Waals surface area contributed by atoms with Gasteiger partial charge in [-0.15, -0.1) is 0 Å². The van der Waals surface area contributed by atoms with Gasteiger partial charge in [-0.25, -0.2) is 4.68 Å². The Kier molecular flexibility index (Phi) is 6.41. The monoisotopic (exact) mass is 356 g/mol. The first kappa shape index (κ1) is 17.7. The van der Waals surface area contributed by atoms with E-state index in [1.807, 2.05) is 6.07 Å². The number of ether oxygens (including phenoxy) is 1. The number of aromatic nitrogens is 2. The highest BCUT2D eigenvalue weighted by Gasteiger charge is 2.14. The van der Waals surface area contributed by atoms with Gasteiger partial charge >= 0.3 is 0 Å². The van der Waals surface area contributed by atoms with Gasteiger partial charge in [0, 0.05) is 29.8 Å². The summed E-state index contributed by atoms with van der Waals surface area (Å²) in [6, 6.07) is 6.97. The number of nitrogens with two attached hydrogens (primary N) is 1. The summed E-state index contributed by atoms with van der Waals surface area (Å²) >= 11 is 12.1. The van der Waals surface area contributed by atoms with Crippen molar-refractivity contribution in [3.05, 3.63) is 46.1 Å². The third-order valence-electron chi connectivity index (χ3n) is 3.33. The minimum Gasteiger partial charge on any atom is -0.380 e. The van der Waals surface area contributed by atoms with Crippen molar-refractivity contribution in [2.24, 2.45) is 5.73 Å². The summed E-state index contributed by atoms with van der Waals surface area (Å²) in [5.74, 6) is 0.388. The Hall–Kier alpha value is -1.60. The van der Waals surface area contributed by atoms with Crippen molar-refractivity contribution in [2.75, 3.05) is 19.0 Å². The first-order valence-corrected chi connectivity index (χ1v) is 7.77. The minimum absolute atomic E-state index is 0.180. The standard InChI is InChI=1S/C15H18Cl2N4O2/c1-23-12(8-18)7-15(22)20-14-4-5-19-21(14)9-10-2-3-11(16)6-13(10)17/h2-6,12H,7-9,18H2,1H3,(H,20,22). The molecule has 0 aliphatic rings. The Balaban J connectivity index is 2.06. The number of hydrogen-bond acceptors (Lipinski definition) is 4. The van der Waals surface area contributed by atoms with E-state index in [1.165, 1.54) is 7.11 Å². The van der Waals surface area contributed by atoms with E-state index in [2.05, 4.69) is 10.4 Å². The lowest BCUT2D eigenvalue weighted by Gasteiger charge is -2.14. The van der Waals surface area contributed by atoms with Crippen LogP contribution < -0.4 is 11.1 Å². The summed E-state index contributed by atoms with van der Waals surface area (Å²) in [5.41, 5.74) is 6.37. The molecule has 1 amide bonds. The van der Waals surface area contributed by atoms with Crippen LogP contribution in [-0.4, -0.2) is 35.4 Å². The number of amides is 1. The van der Waals surface area contributed by atoms with Crippen LogP contribution in [0.4, 0.5) is 5.82 Å². The number of anilines is 1. The second-order valence-corrected chi connectivity index (χ2v) is 5.80. The quantitative estimate of drug-likeness (QED) is 0.798. The van der Waals surface area contributed by atoms with Crippen molar-refractivity contribution in [1.29, 1.82) is 0 Å². The Morgan fingerprint density at radius 1 is 1.43 bits per heavy atom. The molecule has 23 heavy (non-hydrogen) atoms. The van der Waals surface area contributed by atoms with E-state index in [-0.39, 0.29) is 25.0 Å². The van der Waals surface area contributed by atoms with Gasteiger partial charge in [0.15, 0.2) is 0 Å². The zero-order valence-corrected chi connectivity index (χ0v) is 14.1. The average molecular weight is 357 g/mol. The third kappa shape index (κ3) is 4.94. The lowest BCUT2D eigenvalue weighted by molar-refractivity contribution is -0.118. The van der Waals surface area contributed by atoms with E-state index in [0.29, 0.717) is 22.4 Å². The molecular formula is C15H18Cl2N4O2. The van der Waals surface area contributed by atoms with Crippen LogP contribution in [0.5, 0.6) is 0 Å². The third-order valence-corrected chi connectivity index (χ3v) is 3.92. The van der Waals surface area contributed by atoms with Crippen molar-refractivity contribution < 1.29 is 9.53 Å². The topological polar surface area (TPSA) is 82.2 Å². The smallest absolute Gasteiger partial charge is 0.228 e. The van der Waals surface area contributed by atoms with E-state index in [0.717, 1.165) is 5.56 Å². The number of carbonyl (C=O) groups excluding carboxylic acids is 1. The van der Waals surface area contributed by atoms with Crippen LogP contribution in [-0.2, 0) is 16.1 Å². The first-order valence-electron chi connectivity index (χ1n) is 7.02. The van der Waals surface area contributed by atoms with E-state index in [9.17, 15) is 4.79 Å². The molecule has 124 valence electrons. The van der Waals surface area contributed by atoms with Crippen molar-refractivity contribution in [3.8, 4) is 0 Å². The molecular weight excluding hydrogens is 339 g/mol. The van der Waals surface area contributed by atoms with Crippen molar-refractivity contribution in [2.45, 2.75) is 19.1 Å². The molecule has 0 radical (unpaired) electrons. The van der Waals surface area contributed by atoms with E-state index in [4.69, 9.17) is 33.7 Å². The van der Waals surface area contributed by atoms with Crippen LogP contribution in [0.3, 0.4) is 0 Å². The van der Waals surface area contributed by atoms with Gasteiger partial charge in [0.05, 0.1) is 25.3 Å². The fraction of sp³-hybridized carbons (Fsp3) is 0.333. The Bertz CT molecular complexity index is 671. The number of methoxy groups -OCH3 is 1. The lowest BCUT2D eigenvalue weighted by Crippen LogP contribution is -2.28. The van der Waals surface area contributed by atoms with Gasteiger partial charge < -0.3 is 15.8 Å². The molecule has 0 spiro atoms. The Morgan fingerprint density at radius 2 is 2.22 bits per heavy atom. The SMILES string of the molecule is COC(CN)CC(=O)Nc1ccnn1Cc1ccc(Cl)cc1Cl. The van der Waals surface area contributed by atoms with Crippen LogP contribution in [0.1, 0.15) is 12.0 Å². The zero-order chi connectivity index (χ0) is 16.8. The molecule has 0 saturated carbocycles. The fourth-order valence-electron chi connectivity index (χ4n) is 2.04. The number of halogens is 2. The van der Waals surface area contributed by atoms with Crippen molar-refractivity contribution >= 4 is 34.9 Å². The summed E-state index contributed by atoms with van der Waals surface area (Å²) < 4.78 is 6.75. The highest BCUT2D eigenvalue weighted by atomic mass is 35.5. The summed E-state index contributed by atoms with van der Waals surface area (Å²) in [6.45, 7) is 0.701. The first-order chi connectivity index (χ1) is 11.0. The maximum absolute atomic E-state index is 12.0. The predicted molar refractivity (Wildman–Crippen MR) is 90.9 cm³/mol. The Labute approximate surface area is 144 Å². The van der Waals surface area contributed by atoms with Crippen LogP contribution >= 0.6 is 23.2 Å². The number of benzene rings is 1. The molecule has 2 rings (SSSR count). The number of rotatable bonds is 7. The maximum atomic E-state index is 12.0. The zero-order valence-electron chi connectivity index (χ0n) is 12.6. The number of nitrogens with zero attached hydrogens (tertiary/aromatic N) is 2. The molecule has 0 bridgehead atoms. The van der Waals surface area contributed by atoms with Gasteiger partial charge in [-0.1, -0.05) is 29.3 Å². The van der Waals surface area contributed by atoms with Crippen molar-refractivity contribution in [1.82, 2.24) is 9.78 Å². The summed E-state index contributed by atoms with van der Waals surface area (Å²) in [5, 5.41) is 8.12. The molecule has 0 aliphatic heterocycles. The van der Waals surface area contributed by atoms with Crippen molar-refractivity contribution in [3.63, 3.8) is 0 Å². The molecule has 0 fully saturated rings. The van der Waals surface area contributed by atoms with Crippen LogP contribution in [0.2, 0.25) is 10.0 Å². The minimum atomic E-state index is -0.308. The van der Waals surface area contributed by atoms with Crippen LogP contribution in [0, 0.1) is 0 Å². The molecule has 1 heterocycles. The molecule has 8 heteroatoms. The molecule has 6 nitrogen and oxygen atoms in total. The molecule has 0 saturated heterocycles. The molecule has 3 N–H and O–H groups in total. The number of carbonyl (C=O) groups is 1. The highest BCUT2D eigenvalue weighted by molar-refractivity contribution is 6.35. The molecule has 1 unspecified atom stereocenters. The predicted octanol–water partition coefficient (Wildman–Crippen LogP) is 2.54. The molecule has 1 aromatic heterocycles. The van der Waals surface area contributed by atoms with Gasteiger partial charge in [0.2, 0.25) is 5.91 Å².